The van der Waals surface area contributed by atoms with Gasteiger partial charge >= 0.3 is 12.1 Å². The number of anilines is 3. The number of aliphatic hydroxyl groups is 1. The molecule has 0 bridgehead atoms. The zero-order chi connectivity index (χ0) is 79.4. The third-order valence-corrected chi connectivity index (χ3v) is 19.9. The Balaban J connectivity index is 1.27. The highest BCUT2D eigenvalue weighted by Gasteiger charge is 2.44. The van der Waals surface area contributed by atoms with Crippen molar-refractivity contribution in [3.8, 4) is 0 Å². The Hall–Kier alpha value is -8.12. The monoisotopic (exact) mass is 1500 g/mol. The lowest BCUT2D eigenvalue weighted by molar-refractivity contribution is -0.149. The summed E-state index contributed by atoms with van der Waals surface area (Å²) in [6, 6.07) is 16.2. The Bertz CT molecular complexity index is 3270. The first kappa shape index (κ1) is 91.3. The third kappa shape index (κ3) is 30.1. The molecule has 598 valence electrons. The zero-order valence-electron chi connectivity index (χ0n) is 65.6. The molecule has 28 heteroatoms. The van der Waals surface area contributed by atoms with Gasteiger partial charge in [0.05, 0.1) is 118 Å². The molecule has 0 spiro atoms. The lowest BCUT2D eigenvalue weighted by Crippen LogP contribution is -2.55. The van der Waals surface area contributed by atoms with Crippen LogP contribution >= 0.6 is 0 Å². The molecule has 4 rings (SSSR count). The molecule has 3 aromatic rings. The molecular weight excluding hydrogens is 1380 g/mol. The van der Waals surface area contributed by atoms with E-state index in [0.717, 1.165) is 0 Å². The van der Waals surface area contributed by atoms with Gasteiger partial charge in [-0.15, -0.1) is 0 Å². The smallest absolute Gasteiger partial charge is 0.410 e. The van der Waals surface area contributed by atoms with Crippen LogP contribution < -0.4 is 38.5 Å². The summed E-state index contributed by atoms with van der Waals surface area (Å²) in [5, 5.41) is 22.1. The Kier molecular flexibility index (Phi) is 40.6. The van der Waals surface area contributed by atoms with E-state index >= 15 is 0 Å². The molecule has 1 aliphatic heterocycles. The second-order valence-electron chi connectivity index (χ2n) is 29.0. The summed E-state index contributed by atoms with van der Waals surface area (Å²) in [4.78, 5) is 141. The number of hydrogen-bond donors (Lipinski definition) is 8. The molecular formula is C79H124N10O18. The number of nitrogens with one attached hydrogen (secondary N) is 4. The van der Waals surface area contributed by atoms with Gasteiger partial charge in [-0.1, -0.05) is 111 Å². The number of nitrogen functional groups attached to an aromatic ring is 2. The number of nitrogens with two attached hydrogens (primary N) is 3. The zero-order valence-corrected chi connectivity index (χ0v) is 65.6. The van der Waals surface area contributed by atoms with Crippen LogP contribution in [0.25, 0.3) is 0 Å². The number of methoxy groups -OCH3 is 2. The minimum absolute atomic E-state index is 0.0295. The number of urea groups is 1. The second kappa shape index (κ2) is 47.6. The molecule has 3 aromatic carbocycles. The Morgan fingerprint density at radius 2 is 1.29 bits per heavy atom. The van der Waals surface area contributed by atoms with Gasteiger partial charge in [0.2, 0.25) is 29.5 Å². The highest BCUT2D eigenvalue weighted by Crippen LogP contribution is 2.32. The predicted molar refractivity (Wildman–Crippen MR) is 408 cm³/mol. The molecule has 11 N–H and O–H groups in total. The summed E-state index contributed by atoms with van der Waals surface area (Å²) < 4.78 is 40.1. The van der Waals surface area contributed by atoms with Gasteiger partial charge in [-0.05, 0) is 104 Å². The van der Waals surface area contributed by atoms with Gasteiger partial charge in [-0.2, -0.15) is 0 Å². The van der Waals surface area contributed by atoms with E-state index in [1.807, 2.05) is 59.7 Å². The number of nitrogens with zero attached hydrogens (tertiary/aromatic N) is 3. The van der Waals surface area contributed by atoms with Crippen molar-refractivity contribution in [3.05, 3.63) is 89.5 Å². The summed E-state index contributed by atoms with van der Waals surface area (Å²) in [5.74, 6) is -6.02. The molecule has 0 aliphatic carbocycles. The molecule has 8 amide bonds. The molecule has 0 aromatic heterocycles. The second-order valence-corrected chi connectivity index (χ2v) is 29.0. The first-order valence-electron chi connectivity index (χ1n) is 37.7. The number of rotatable bonds is 51. The van der Waals surface area contributed by atoms with E-state index in [9.17, 15) is 53.1 Å². The number of likely N-dealkylation sites (N-methyl/N-ethyl adjacent to an activating group) is 2. The van der Waals surface area contributed by atoms with Crippen molar-refractivity contribution in [2.45, 2.75) is 195 Å². The van der Waals surface area contributed by atoms with E-state index in [4.69, 9.17) is 50.4 Å². The minimum atomic E-state index is -0.975. The topological polar surface area (TPSA) is 391 Å². The fourth-order valence-electron chi connectivity index (χ4n) is 13.5. The Morgan fingerprint density at radius 3 is 1.86 bits per heavy atom. The van der Waals surface area contributed by atoms with E-state index in [0.29, 0.717) is 112 Å². The summed E-state index contributed by atoms with van der Waals surface area (Å²) >= 11 is 0. The number of amides is 8. The van der Waals surface area contributed by atoms with Gasteiger partial charge in [0.25, 0.3) is 0 Å². The SMILES string of the molecule is CC[C@H](C)[C@@H]([C@@H](CC(=O)N1CCC[C@H]1[C@H](OC)[C@@H](C)C(=O)N[C@H](C)[C@@H](O)c1ccccc1)OC)N(C)C(=O)[C@@H](CC(=O)[C@H](C(C)C)N(C)C(=O)OCc1ccc(NC(=O)[C@H](CCCNC(N)=O)CC(=O)[C@@H](NC(=O)CCOCCOCCOCCOCCCC(=O)c2ccc(N)c(N)c2)C(C)C)cc1)C(C)C. The number of ether oxygens (including phenoxy) is 7. The van der Waals surface area contributed by atoms with Gasteiger partial charge in [0.15, 0.2) is 17.3 Å². The van der Waals surface area contributed by atoms with Crippen molar-refractivity contribution < 1.29 is 86.2 Å². The van der Waals surface area contributed by atoms with Crippen LogP contribution in [-0.2, 0) is 73.3 Å². The van der Waals surface area contributed by atoms with Crippen molar-refractivity contribution >= 4 is 76.1 Å². The predicted octanol–water partition coefficient (Wildman–Crippen LogP) is 8.06. The Morgan fingerprint density at radius 1 is 0.664 bits per heavy atom. The number of hydrogen-bond acceptors (Lipinski definition) is 20. The lowest BCUT2D eigenvalue weighted by Gasteiger charge is -2.41. The van der Waals surface area contributed by atoms with Crippen LogP contribution in [0.4, 0.5) is 26.7 Å². The van der Waals surface area contributed by atoms with E-state index in [2.05, 4.69) is 21.3 Å². The van der Waals surface area contributed by atoms with Crippen LogP contribution in [0.3, 0.4) is 0 Å². The number of carbonyl (C=O) groups is 10. The molecule has 1 saturated heterocycles. The summed E-state index contributed by atoms with van der Waals surface area (Å²) in [7, 11) is 6.19. The van der Waals surface area contributed by atoms with Crippen LogP contribution in [-0.4, -0.2) is 215 Å². The van der Waals surface area contributed by atoms with Crippen molar-refractivity contribution in [2.24, 2.45) is 47.2 Å². The molecule has 0 radical (unpaired) electrons. The average Bonchev–Trinajstić information content (AvgIpc) is 1.78. The number of likely N-dealkylation sites (tertiary alicyclic amines) is 1. The summed E-state index contributed by atoms with van der Waals surface area (Å²) in [6.07, 6.45) is -0.350. The molecule has 1 aliphatic rings. The van der Waals surface area contributed by atoms with E-state index in [1.165, 1.54) is 26.2 Å². The number of aliphatic hydroxyl groups excluding tert-OH is 1. The maximum absolute atomic E-state index is 14.9. The number of primary amides is 1. The number of ketones is 3. The van der Waals surface area contributed by atoms with Crippen molar-refractivity contribution in [1.82, 2.24) is 30.7 Å². The maximum Gasteiger partial charge on any atom is 0.410 e. The number of carbonyl (C=O) groups excluding carboxylic acids is 10. The quantitative estimate of drug-likeness (QED) is 0.0150. The normalized spacial score (nSPS) is 16.1. The van der Waals surface area contributed by atoms with Gasteiger partial charge in [-0.3, -0.25) is 38.4 Å². The lowest BCUT2D eigenvalue weighted by atomic mass is 9.83. The molecule has 0 unspecified atom stereocenters. The third-order valence-electron chi connectivity index (χ3n) is 19.9. The molecule has 1 fully saturated rings. The fraction of sp³-hybridized carbons (Fsp3) is 0.646. The molecule has 12 atom stereocenters. The van der Waals surface area contributed by atoms with Gasteiger partial charge in [-0.25, -0.2) is 9.59 Å². The van der Waals surface area contributed by atoms with E-state index in [1.54, 1.807) is 99.1 Å². The molecule has 0 saturated carbocycles. The summed E-state index contributed by atoms with van der Waals surface area (Å²) in [5.41, 5.74) is 19.7. The van der Waals surface area contributed by atoms with Crippen molar-refractivity contribution in [3.63, 3.8) is 0 Å². The van der Waals surface area contributed by atoms with Crippen LogP contribution in [0.5, 0.6) is 0 Å². The van der Waals surface area contributed by atoms with Crippen molar-refractivity contribution in [1.29, 1.82) is 0 Å². The first-order valence-corrected chi connectivity index (χ1v) is 37.7. The van der Waals surface area contributed by atoms with Gasteiger partial charge in [0, 0.05) is 96.8 Å². The van der Waals surface area contributed by atoms with Crippen LogP contribution in [0.15, 0.2) is 72.8 Å². The summed E-state index contributed by atoms with van der Waals surface area (Å²) in [6.45, 7) is 21.1. The molecule has 1 heterocycles. The van der Waals surface area contributed by atoms with E-state index < -0.39 is 90.2 Å². The van der Waals surface area contributed by atoms with Gasteiger partial charge in [0.1, 0.15) is 6.61 Å². The standard InChI is InChI=1S/C79H124N10O18/c1-15-52(8)72(67(101-13)47-69(94)89-35-20-25-63(89)74(102-14)53(9)75(96)84-54(10)73(95)56-22-17-16-18-23-56)87(11)77(98)60(49(2)3)46-66(92)71(51(6)7)88(12)79(100)107-48-55-27-30-59(31-28-55)85-76(97)58(24-19-34-83-78(82)99)45-65(91)70(50(4)5)86-68(93)33-37-104-39-41-106-43-42-105-40-38-103-36-21-26-64(90)57-29-32-61(80)62(81)44-57/h16-18,22-23,27-32,44,49-54,58,60,63,67,70-74,95H,15,19-21,24-26,33-43,45-48,80-81H2,1-14H3,(H,84,96)(H,85,97)(H,86,93)(H3,82,83,99)/t52-,53+,54+,58+,60-,63-,67+,70-,71-,72-,73+,74+/m0/s1. The largest absolute Gasteiger partial charge is 0.445 e. The van der Waals surface area contributed by atoms with Crippen molar-refractivity contribution in [2.75, 3.05) is 111 Å². The van der Waals surface area contributed by atoms with Crippen LogP contribution in [0.1, 0.15) is 167 Å². The highest BCUT2D eigenvalue weighted by molar-refractivity contribution is 5.98. The van der Waals surface area contributed by atoms with Crippen LogP contribution in [0, 0.1) is 41.4 Å². The number of Topliss-reactive ketones (excluding diaryl/α,β-unsaturated/α-hetero) is 3. The van der Waals surface area contributed by atoms with E-state index in [-0.39, 0.29) is 124 Å². The maximum atomic E-state index is 14.9. The van der Waals surface area contributed by atoms with Gasteiger partial charge < -0.3 is 91.4 Å². The molecule has 28 nitrogen and oxygen atoms in total. The average molecular weight is 1500 g/mol. The molecule has 107 heavy (non-hydrogen) atoms. The Labute approximate surface area is 633 Å². The number of benzene rings is 3. The highest BCUT2D eigenvalue weighted by atomic mass is 16.6. The van der Waals surface area contributed by atoms with Crippen LogP contribution in [0.2, 0.25) is 0 Å². The first-order chi connectivity index (χ1) is 50.9. The minimum Gasteiger partial charge on any atom is -0.445 e. The fourth-order valence-corrected chi connectivity index (χ4v) is 13.5.